The molecule has 1 aromatic heterocycles. The molecule has 218 valence electrons. The van der Waals surface area contributed by atoms with Gasteiger partial charge in [0.15, 0.2) is 5.54 Å². The maximum atomic E-state index is 15.2. The number of hydrogen-bond donors (Lipinski definition) is 1. The van der Waals surface area contributed by atoms with Crippen LogP contribution in [0.4, 0.5) is 13.2 Å². The Morgan fingerprint density at radius 1 is 1.21 bits per heavy atom. The van der Waals surface area contributed by atoms with Gasteiger partial charge in [-0.1, -0.05) is 6.07 Å². The van der Waals surface area contributed by atoms with Crippen LogP contribution in [0.15, 0.2) is 39.3 Å². The normalized spacial score (nSPS) is 21.1. The van der Waals surface area contributed by atoms with Crippen molar-refractivity contribution in [2.24, 2.45) is 4.36 Å². The molecular formula is C25H34BrF3N4O4S2. The van der Waals surface area contributed by atoms with Crippen LogP contribution in [0.25, 0.3) is 0 Å². The largest absolute Gasteiger partial charge is 0.598 e. The molecule has 0 fully saturated rings. The second-order valence-electron chi connectivity index (χ2n) is 10.1. The van der Waals surface area contributed by atoms with E-state index in [1.807, 2.05) is 0 Å². The standard InChI is InChI=1S/C25H34BrF3N4O4S2/c1-24(2,3)38(34)32-25(23(28)29,22-19(27)10-11-21(26)31-22)16-39(35)30-12-6-7-13-33(39)15-17-8-9-18(36-4)14-20(17)37-5/h8-11,14,23,32H,6-7,12-13,15-16H2,1-5H3/t25?,38-,39?/m0/s1. The van der Waals surface area contributed by atoms with Crippen molar-refractivity contribution in [2.45, 2.75) is 56.9 Å². The Bertz CT molecular complexity index is 1270. The fourth-order valence-electron chi connectivity index (χ4n) is 4.02. The first kappa shape index (κ1) is 31.9. The number of pyridine rings is 1. The molecule has 1 aliphatic rings. The van der Waals surface area contributed by atoms with Gasteiger partial charge in [0.1, 0.15) is 42.3 Å². The molecule has 1 aliphatic heterocycles. The van der Waals surface area contributed by atoms with Gasteiger partial charge in [0.25, 0.3) is 6.43 Å². The topological polar surface area (TPSA) is 99.1 Å². The van der Waals surface area contributed by atoms with E-state index in [1.165, 1.54) is 24.6 Å². The highest BCUT2D eigenvalue weighted by molar-refractivity contribution is 9.10. The molecule has 3 atom stereocenters. The minimum Gasteiger partial charge on any atom is -0.598 e. The summed E-state index contributed by atoms with van der Waals surface area (Å²) in [5.41, 5.74) is -2.73. The van der Waals surface area contributed by atoms with Crippen molar-refractivity contribution in [3.8, 4) is 11.5 Å². The highest BCUT2D eigenvalue weighted by atomic mass is 79.9. The van der Waals surface area contributed by atoms with Gasteiger partial charge < -0.3 is 14.0 Å². The van der Waals surface area contributed by atoms with E-state index >= 15 is 13.2 Å². The minimum atomic E-state index is -3.61. The number of alkyl halides is 2. The summed E-state index contributed by atoms with van der Waals surface area (Å²) in [4.78, 5) is 4.02. The number of hydrogen-bond acceptors (Lipinski definition) is 7. The lowest BCUT2D eigenvalue weighted by molar-refractivity contribution is 0.0487. The van der Waals surface area contributed by atoms with Crippen molar-refractivity contribution < 1.29 is 31.4 Å². The van der Waals surface area contributed by atoms with Crippen LogP contribution in [0.5, 0.6) is 11.5 Å². The summed E-state index contributed by atoms with van der Waals surface area (Å²) in [7, 11) is -0.605. The van der Waals surface area contributed by atoms with Crippen molar-refractivity contribution in [1.82, 2.24) is 14.0 Å². The van der Waals surface area contributed by atoms with Gasteiger partial charge in [-0.25, -0.2) is 31.0 Å². The van der Waals surface area contributed by atoms with E-state index in [0.717, 1.165) is 6.07 Å². The zero-order valence-electron chi connectivity index (χ0n) is 22.5. The number of halogens is 4. The smallest absolute Gasteiger partial charge is 0.267 e. The molecule has 8 nitrogen and oxygen atoms in total. The Hall–Kier alpha value is -1.58. The fraction of sp³-hybridized carbons (Fsp3) is 0.560. The third-order valence-corrected chi connectivity index (χ3v) is 10.8. The molecule has 0 amide bonds. The summed E-state index contributed by atoms with van der Waals surface area (Å²) < 4.78 is 91.8. The summed E-state index contributed by atoms with van der Waals surface area (Å²) in [6, 6.07) is 7.39. The van der Waals surface area contributed by atoms with Crippen LogP contribution in [-0.4, -0.2) is 62.3 Å². The maximum Gasteiger partial charge on any atom is 0.267 e. The number of aromatic nitrogens is 1. The average molecular weight is 656 g/mol. The quantitative estimate of drug-likeness (QED) is 0.280. The summed E-state index contributed by atoms with van der Waals surface area (Å²) >= 11 is 1.02. The molecule has 0 radical (unpaired) electrons. The van der Waals surface area contributed by atoms with Gasteiger partial charge in [0.05, 0.1) is 20.0 Å². The lowest BCUT2D eigenvalue weighted by Crippen LogP contribution is -2.60. The van der Waals surface area contributed by atoms with Gasteiger partial charge in [0.2, 0.25) is 0 Å². The molecule has 0 spiro atoms. The molecule has 1 aromatic carbocycles. The third kappa shape index (κ3) is 7.39. The lowest BCUT2D eigenvalue weighted by atomic mass is 9.98. The molecule has 0 saturated carbocycles. The molecule has 39 heavy (non-hydrogen) atoms. The zero-order chi connectivity index (χ0) is 29.0. The first-order valence-corrected chi connectivity index (χ1v) is 15.8. The van der Waals surface area contributed by atoms with Gasteiger partial charge in [-0.05, 0) is 67.7 Å². The number of benzene rings is 1. The monoisotopic (exact) mass is 654 g/mol. The van der Waals surface area contributed by atoms with E-state index in [9.17, 15) is 8.76 Å². The number of rotatable bonds is 10. The van der Waals surface area contributed by atoms with Crippen molar-refractivity contribution in [2.75, 3.05) is 33.1 Å². The second-order valence-corrected chi connectivity index (χ2v) is 15.1. The Balaban J connectivity index is 2.17. The zero-order valence-corrected chi connectivity index (χ0v) is 25.7. The van der Waals surface area contributed by atoms with Gasteiger partial charge >= 0.3 is 0 Å². The Morgan fingerprint density at radius 3 is 2.54 bits per heavy atom. The number of ether oxygens (including phenoxy) is 2. The summed E-state index contributed by atoms with van der Waals surface area (Å²) in [6.07, 6.45) is -2.13. The van der Waals surface area contributed by atoms with E-state index < -0.39 is 55.3 Å². The molecule has 0 bridgehead atoms. The first-order valence-electron chi connectivity index (χ1n) is 12.2. The van der Waals surface area contributed by atoms with Crippen LogP contribution in [0.3, 0.4) is 0 Å². The molecular weight excluding hydrogens is 621 g/mol. The molecule has 2 aromatic rings. The SMILES string of the molecule is COc1ccc(CN2CCCCN=S2(=O)CC(N[S@@+]([O-])C(C)(C)C)(c2nc(Br)ccc2F)C(F)F)c(OC)c1. The summed E-state index contributed by atoms with van der Waals surface area (Å²) in [5, 5.41) is 0. The Kier molecular flexibility index (Phi) is 10.6. The van der Waals surface area contributed by atoms with Crippen LogP contribution >= 0.6 is 15.9 Å². The third-order valence-electron chi connectivity index (χ3n) is 6.21. The average Bonchev–Trinajstić information content (AvgIpc) is 3.05. The van der Waals surface area contributed by atoms with Gasteiger partial charge in [-0.2, -0.15) is 0 Å². The van der Waals surface area contributed by atoms with Crippen LogP contribution in [0.2, 0.25) is 0 Å². The van der Waals surface area contributed by atoms with E-state index in [1.54, 1.807) is 39.0 Å². The molecule has 2 unspecified atom stereocenters. The first-order chi connectivity index (χ1) is 18.3. The van der Waals surface area contributed by atoms with Crippen LogP contribution < -0.4 is 14.2 Å². The Labute approximate surface area is 239 Å². The van der Waals surface area contributed by atoms with Crippen LogP contribution in [0.1, 0.15) is 44.9 Å². The van der Waals surface area contributed by atoms with E-state index in [-0.39, 0.29) is 24.2 Å². The van der Waals surface area contributed by atoms with E-state index in [0.29, 0.717) is 29.9 Å². The number of methoxy groups -OCH3 is 2. The van der Waals surface area contributed by atoms with Crippen molar-refractivity contribution >= 4 is 37.2 Å². The lowest BCUT2D eigenvalue weighted by Gasteiger charge is -2.38. The van der Waals surface area contributed by atoms with Gasteiger partial charge in [-0.15, -0.1) is 4.72 Å². The molecule has 2 heterocycles. The van der Waals surface area contributed by atoms with Crippen LogP contribution in [-0.2, 0) is 33.4 Å². The second kappa shape index (κ2) is 12.9. The van der Waals surface area contributed by atoms with E-state index in [2.05, 4.69) is 30.0 Å². The molecule has 0 saturated heterocycles. The van der Waals surface area contributed by atoms with Crippen molar-refractivity contribution in [1.29, 1.82) is 0 Å². The summed E-state index contributed by atoms with van der Waals surface area (Å²) in [5.74, 6) is -0.874. The molecule has 1 N–H and O–H groups in total. The minimum absolute atomic E-state index is 0.0611. The van der Waals surface area contributed by atoms with Crippen molar-refractivity contribution in [3.63, 3.8) is 0 Å². The predicted molar refractivity (Wildman–Crippen MR) is 150 cm³/mol. The molecule has 3 rings (SSSR count). The number of nitrogens with zero attached hydrogens (tertiary/aromatic N) is 3. The predicted octanol–water partition coefficient (Wildman–Crippen LogP) is 5.19. The maximum absolute atomic E-state index is 15.2. The molecule has 14 heteroatoms. The van der Waals surface area contributed by atoms with Gasteiger partial charge in [-0.3, -0.25) is 0 Å². The number of nitrogens with one attached hydrogen (secondary N) is 1. The van der Waals surface area contributed by atoms with Crippen LogP contribution in [0, 0.1) is 5.82 Å². The highest BCUT2D eigenvalue weighted by Crippen LogP contribution is 2.37. The Morgan fingerprint density at radius 2 is 1.92 bits per heavy atom. The highest BCUT2D eigenvalue weighted by Gasteiger charge is 2.54. The van der Waals surface area contributed by atoms with Crippen molar-refractivity contribution in [3.05, 3.63) is 52.0 Å². The van der Waals surface area contributed by atoms with Gasteiger partial charge in [0, 0.05) is 42.6 Å². The molecule has 0 aliphatic carbocycles. The van der Waals surface area contributed by atoms with E-state index in [4.69, 9.17) is 9.47 Å². The fourth-order valence-corrected chi connectivity index (χ4v) is 7.85. The summed E-state index contributed by atoms with van der Waals surface area (Å²) in [6.45, 7) is 5.30.